The molecule has 0 aromatic heterocycles. The zero-order chi connectivity index (χ0) is 14.4. The Labute approximate surface area is 121 Å². The molecular formula is C16H25N3O. The first-order valence-corrected chi connectivity index (χ1v) is 7.56. The van der Waals surface area contributed by atoms with Crippen molar-refractivity contribution in [3.05, 3.63) is 30.3 Å². The molecule has 1 saturated heterocycles. The van der Waals surface area contributed by atoms with Crippen LogP contribution in [0.3, 0.4) is 0 Å². The highest BCUT2D eigenvalue weighted by Gasteiger charge is 2.21. The van der Waals surface area contributed by atoms with Gasteiger partial charge in [-0.3, -0.25) is 0 Å². The monoisotopic (exact) mass is 275 g/mol. The van der Waals surface area contributed by atoms with Gasteiger partial charge in [-0.25, -0.2) is 4.79 Å². The highest BCUT2D eigenvalue weighted by atomic mass is 16.2. The van der Waals surface area contributed by atoms with Crippen LogP contribution in [0.1, 0.15) is 26.7 Å². The Balaban J connectivity index is 1.80. The summed E-state index contributed by atoms with van der Waals surface area (Å²) in [5, 5.41) is 3.07. The normalized spacial score (nSPS) is 16.9. The van der Waals surface area contributed by atoms with Crippen LogP contribution in [0, 0.1) is 0 Å². The Morgan fingerprint density at radius 1 is 1.20 bits per heavy atom. The fourth-order valence-corrected chi connectivity index (χ4v) is 2.61. The predicted molar refractivity (Wildman–Crippen MR) is 83.1 cm³/mol. The van der Waals surface area contributed by atoms with E-state index in [1.165, 1.54) is 5.69 Å². The summed E-state index contributed by atoms with van der Waals surface area (Å²) in [6, 6.07) is 10.7. The Hall–Kier alpha value is -1.71. The molecule has 1 aliphatic heterocycles. The second kappa shape index (κ2) is 7.17. The molecule has 110 valence electrons. The Morgan fingerprint density at radius 2 is 1.85 bits per heavy atom. The van der Waals surface area contributed by atoms with E-state index in [0.29, 0.717) is 0 Å². The number of nitrogens with zero attached hydrogens (tertiary/aromatic N) is 2. The minimum absolute atomic E-state index is 0.0821. The maximum Gasteiger partial charge on any atom is 0.317 e. The highest BCUT2D eigenvalue weighted by molar-refractivity contribution is 5.74. The van der Waals surface area contributed by atoms with Crippen molar-refractivity contribution < 1.29 is 4.79 Å². The predicted octanol–water partition coefficient (Wildman–Crippen LogP) is 2.71. The number of nitrogens with one attached hydrogen (secondary N) is 1. The second-order valence-corrected chi connectivity index (χ2v) is 5.45. The first-order valence-electron chi connectivity index (χ1n) is 7.56. The summed E-state index contributed by atoms with van der Waals surface area (Å²) in [6.07, 6.45) is 2.14. The van der Waals surface area contributed by atoms with Gasteiger partial charge in [0.2, 0.25) is 0 Å². The third-order valence-corrected chi connectivity index (χ3v) is 3.78. The zero-order valence-electron chi connectivity index (χ0n) is 12.5. The third kappa shape index (κ3) is 3.89. The molecule has 0 saturated carbocycles. The zero-order valence-corrected chi connectivity index (χ0v) is 12.5. The number of amides is 2. The van der Waals surface area contributed by atoms with Crippen LogP contribution in [0.15, 0.2) is 30.3 Å². The number of piperazine rings is 1. The number of carbonyl (C=O) groups excluding carboxylic acids is 1. The van der Waals surface area contributed by atoms with Crippen LogP contribution < -0.4 is 10.2 Å². The van der Waals surface area contributed by atoms with Crippen molar-refractivity contribution in [2.45, 2.75) is 32.7 Å². The van der Waals surface area contributed by atoms with Crippen molar-refractivity contribution >= 4 is 11.7 Å². The maximum absolute atomic E-state index is 12.1. The second-order valence-electron chi connectivity index (χ2n) is 5.45. The standard InChI is InChI=1S/C16H25N3O/c1-3-7-14(2)17-16(20)19-12-10-18(11-13-19)15-8-5-4-6-9-15/h4-6,8-9,14H,3,7,10-13H2,1-2H3,(H,17,20)/t14-/m1/s1. The molecule has 4 nitrogen and oxygen atoms in total. The molecule has 1 fully saturated rings. The molecule has 0 bridgehead atoms. The minimum atomic E-state index is 0.0821. The topological polar surface area (TPSA) is 35.6 Å². The summed E-state index contributed by atoms with van der Waals surface area (Å²) in [6.45, 7) is 7.60. The number of hydrogen-bond donors (Lipinski definition) is 1. The molecule has 0 aliphatic carbocycles. The van der Waals surface area contributed by atoms with Crippen LogP contribution in [0.2, 0.25) is 0 Å². The van der Waals surface area contributed by atoms with Crippen molar-refractivity contribution in [1.82, 2.24) is 10.2 Å². The van der Waals surface area contributed by atoms with Crippen molar-refractivity contribution in [3.8, 4) is 0 Å². The van der Waals surface area contributed by atoms with Crippen LogP contribution in [-0.4, -0.2) is 43.2 Å². The largest absolute Gasteiger partial charge is 0.368 e. The SMILES string of the molecule is CCC[C@@H](C)NC(=O)N1CCN(c2ccccc2)CC1. The first kappa shape index (κ1) is 14.7. The summed E-state index contributed by atoms with van der Waals surface area (Å²) in [4.78, 5) is 16.4. The highest BCUT2D eigenvalue weighted by Crippen LogP contribution is 2.15. The summed E-state index contributed by atoms with van der Waals surface area (Å²) in [7, 11) is 0. The number of carbonyl (C=O) groups is 1. The van der Waals surface area contributed by atoms with Gasteiger partial charge in [-0.15, -0.1) is 0 Å². The molecule has 1 aromatic carbocycles. The number of benzene rings is 1. The Morgan fingerprint density at radius 3 is 2.45 bits per heavy atom. The molecule has 0 radical (unpaired) electrons. The molecular weight excluding hydrogens is 250 g/mol. The molecule has 1 atom stereocenters. The summed E-state index contributed by atoms with van der Waals surface area (Å²) in [5.74, 6) is 0. The molecule has 20 heavy (non-hydrogen) atoms. The smallest absolute Gasteiger partial charge is 0.317 e. The van der Waals surface area contributed by atoms with E-state index in [9.17, 15) is 4.79 Å². The Kier molecular flexibility index (Phi) is 5.27. The van der Waals surface area contributed by atoms with Gasteiger partial charge in [0.25, 0.3) is 0 Å². The van der Waals surface area contributed by atoms with Gasteiger partial charge in [0.1, 0.15) is 0 Å². The molecule has 1 aromatic rings. The van der Waals surface area contributed by atoms with Gasteiger partial charge in [0, 0.05) is 37.9 Å². The Bertz CT molecular complexity index is 413. The van der Waals surface area contributed by atoms with Crippen LogP contribution in [-0.2, 0) is 0 Å². The molecule has 2 rings (SSSR count). The lowest BCUT2D eigenvalue weighted by Crippen LogP contribution is -2.53. The van der Waals surface area contributed by atoms with Gasteiger partial charge < -0.3 is 15.1 Å². The molecule has 2 amide bonds. The van der Waals surface area contributed by atoms with Gasteiger partial charge in [-0.05, 0) is 25.5 Å². The van der Waals surface area contributed by atoms with Crippen molar-refractivity contribution in [2.75, 3.05) is 31.1 Å². The molecule has 1 N–H and O–H groups in total. The van der Waals surface area contributed by atoms with Crippen molar-refractivity contribution in [2.24, 2.45) is 0 Å². The molecule has 1 aliphatic rings. The van der Waals surface area contributed by atoms with E-state index >= 15 is 0 Å². The van der Waals surface area contributed by atoms with Crippen LogP contribution in [0.4, 0.5) is 10.5 Å². The number of anilines is 1. The third-order valence-electron chi connectivity index (χ3n) is 3.78. The van der Waals surface area contributed by atoms with Crippen molar-refractivity contribution in [1.29, 1.82) is 0 Å². The lowest BCUT2D eigenvalue weighted by Gasteiger charge is -2.36. The average Bonchev–Trinajstić information content (AvgIpc) is 2.48. The quantitative estimate of drug-likeness (QED) is 0.917. The average molecular weight is 275 g/mol. The number of rotatable bonds is 4. The number of urea groups is 1. The minimum Gasteiger partial charge on any atom is -0.368 e. The van der Waals surface area contributed by atoms with Gasteiger partial charge in [0.15, 0.2) is 0 Å². The van der Waals surface area contributed by atoms with Crippen molar-refractivity contribution in [3.63, 3.8) is 0 Å². The van der Waals surface area contributed by atoms with Gasteiger partial charge in [-0.1, -0.05) is 31.5 Å². The van der Waals surface area contributed by atoms with Crippen LogP contribution in [0.5, 0.6) is 0 Å². The van der Waals surface area contributed by atoms with Crippen LogP contribution >= 0.6 is 0 Å². The van der Waals surface area contributed by atoms with Gasteiger partial charge in [-0.2, -0.15) is 0 Å². The summed E-state index contributed by atoms with van der Waals surface area (Å²) in [5.41, 5.74) is 1.24. The van der Waals surface area contributed by atoms with E-state index in [0.717, 1.165) is 39.0 Å². The van der Waals surface area contributed by atoms with E-state index in [1.807, 2.05) is 11.0 Å². The van der Waals surface area contributed by atoms with E-state index in [-0.39, 0.29) is 12.1 Å². The number of hydrogen-bond acceptors (Lipinski definition) is 2. The molecule has 1 heterocycles. The van der Waals surface area contributed by atoms with E-state index in [2.05, 4.69) is 48.3 Å². The number of para-hydroxylation sites is 1. The fraction of sp³-hybridized carbons (Fsp3) is 0.562. The molecule has 0 spiro atoms. The van der Waals surface area contributed by atoms with Gasteiger partial charge >= 0.3 is 6.03 Å². The lowest BCUT2D eigenvalue weighted by molar-refractivity contribution is 0.190. The van der Waals surface area contributed by atoms with E-state index < -0.39 is 0 Å². The fourth-order valence-electron chi connectivity index (χ4n) is 2.61. The first-order chi connectivity index (χ1) is 9.70. The van der Waals surface area contributed by atoms with E-state index in [4.69, 9.17) is 0 Å². The van der Waals surface area contributed by atoms with Gasteiger partial charge in [0.05, 0.1) is 0 Å². The summed E-state index contributed by atoms with van der Waals surface area (Å²) >= 11 is 0. The lowest BCUT2D eigenvalue weighted by atomic mass is 10.2. The van der Waals surface area contributed by atoms with Crippen LogP contribution in [0.25, 0.3) is 0 Å². The summed E-state index contributed by atoms with van der Waals surface area (Å²) < 4.78 is 0. The molecule has 4 heteroatoms. The molecule has 0 unspecified atom stereocenters. The van der Waals surface area contributed by atoms with E-state index in [1.54, 1.807) is 0 Å². The maximum atomic E-state index is 12.1.